The van der Waals surface area contributed by atoms with Crippen LogP contribution in [0.2, 0.25) is 0 Å². The van der Waals surface area contributed by atoms with Gasteiger partial charge in [0.05, 0.1) is 10.5 Å². The molecular weight excluding hydrogens is 405 g/mol. The summed E-state index contributed by atoms with van der Waals surface area (Å²) in [5.41, 5.74) is 0.0270. The lowest BCUT2D eigenvalue weighted by atomic mass is 10.1. The number of carboxylic acid groups (broad SMARTS) is 1. The molecule has 5 nitrogen and oxygen atoms in total. The standard InChI is InChI=1S/C14H18INO4S/c1-10-5-3-2-4-8-16(10)21(19,20)11-6-7-13(15)12(9-11)14(17)18/h6-7,9-10H,2-5,8H2,1H3,(H,17,18). The molecule has 1 saturated heterocycles. The molecule has 1 fully saturated rings. The predicted octanol–water partition coefficient (Wildman–Crippen LogP) is 2.94. The minimum Gasteiger partial charge on any atom is -0.478 e. The number of rotatable bonds is 3. The first kappa shape index (κ1) is 16.7. The molecular formula is C14H18INO4S. The van der Waals surface area contributed by atoms with Gasteiger partial charge >= 0.3 is 5.97 Å². The second kappa shape index (κ2) is 6.62. The Hall–Kier alpha value is -0.670. The van der Waals surface area contributed by atoms with Crippen molar-refractivity contribution in [2.75, 3.05) is 6.54 Å². The molecule has 2 rings (SSSR count). The Kier molecular flexibility index (Phi) is 5.26. The van der Waals surface area contributed by atoms with E-state index < -0.39 is 16.0 Å². The van der Waals surface area contributed by atoms with Crippen LogP contribution in [0.25, 0.3) is 0 Å². The van der Waals surface area contributed by atoms with E-state index in [-0.39, 0.29) is 16.5 Å². The minimum absolute atomic E-state index is 0.0270. The Bertz CT molecular complexity index is 644. The van der Waals surface area contributed by atoms with Gasteiger partial charge < -0.3 is 5.11 Å². The van der Waals surface area contributed by atoms with Gasteiger partial charge in [-0.15, -0.1) is 0 Å². The van der Waals surface area contributed by atoms with Gasteiger partial charge in [-0.3, -0.25) is 0 Å². The highest BCUT2D eigenvalue weighted by Gasteiger charge is 2.30. The quantitative estimate of drug-likeness (QED) is 0.759. The highest BCUT2D eigenvalue weighted by atomic mass is 127. The molecule has 1 aliphatic rings. The fraction of sp³-hybridized carbons (Fsp3) is 0.500. The molecule has 0 spiro atoms. The van der Waals surface area contributed by atoms with Crippen molar-refractivity contribution in [3.05, 3.63) is 27.3 Å². The smallest absolute Gasteiger partial charge is 0.336 e. The van der Waals surface area contributed by atoms with Crippen LogP contribution in [0.1, 0.15) is 43.0 Å². The molecule has 0 radical (unpaired) electrons. The van der Waals surface area contributed by atoms with Crippen LogP contribution in [0.15, 0.2) is 23.1 Å². The van der Waals surface area contributed by atoms with Crippen LogP contribution in [-0.2, 0) is 10.0 Å². The zero-order chi connectivity index (χ0) is 15.6. The number of sulfonamides is 1. The van der Waals surface area contributed by atoms with E-state index in [0.29, 0.717) is 10.1 Å². The zero-order valence-electron chi connectivity index (χ0n) is 11.8. The summed E-state index contributed by atoms with van der Waals surface area (Å²) in [5, 5.41) is 9.15. The lowest BCUT2D eigenvalue weighted by Crippen LogP contribution is -2.38. The Morgan fingerprint density at radius 2 is 2.05 bits per heavy atom. The van der Waals surface area contributed by atoms with Crippen molar-refractivity contribution in [1.82, 2.24) is 4.31 Å². The van der Waals surface area contributed by atoms with Gasteiger partial charge in [0, 0.05) is 16.2 Å². The summed E-state index contributed by atoms with van der Waals surface area (Å²) < 4.78 is 27.6. The number of hydrogen-bond donors (Lipinski definition) is 1. The van der Waals surface area contributed by atoms with Crippen molar-refractivity contribution < 1.29 is 18.3 Å². The van der Waals surface area contributed by atoms with E-state index in [1.165, 1.54) is 16.4 Å². The van der Waals surface area contributed by atoms with E-state index >= 15 is 0 Å². The SMILES string of the molecule is CC1CCCCCN1S(=O)(=O)c1ccc(I)c(C(=O)O)c1. The van der Waals surface area contributed by atoms with Crippen molar-refractivity contribution in [3.63, 3.8) is 0 Å². The Morgan fingerprint density at radius 1 is 1.33 bits per heavy atom. The fourth-order valence-corrected chi connectivity index (χ4v) is 4.86. The van der Waals surface area contributed by atoms with Gasteiger partial charge in [-0.25, -0.2) is 13.2 Å². The Labute approximate surface area is 138 Å². The van der Waals surface area contributed by atoms with Gasteiger partial charge in [-0.2, -0.15) is 4.31 Å². The van der Waals surface area contributed by atoms with Gasteiger partial charge in [0.1, 0.15) is 0 Å². The summed E-state index contributed by atoms with van der Waals surface area (Å²) in [6, 6.07) is 4.24. The zero-order valence-corrected chi connectivity index (χ0v) is 14.7. The maximum absolute atomic E-state index is 12.8. The molecule has 1 aromatic carbocycles. The largest absolute Gasteiger partial charge is 0.478 e. The monoisotopic (exact) mass is 423 g/mol. The van der Waals surface area contributed by atoms with Gasteiger partial charge in [-0.05, 0) is 60.6 Å². The first-order chi connectivity index (χ1) is 9.84. The second-order valence-electron chi connectivity index (χ2n) is 5.26. The summed E-state index contributed by atoms with van der Waals surface area (Å²) in [4.78, 5) is 11.2. The summed E-state index contributed by atoms with van der Waals surface area (Å²) in [6.45, 7) is 2.41. The fourth-order valence-electron chi connectivity index (χ4n) is 2.57. The van der Waals surface area contributed by atoms with E-state index in [4.69, 9.17) is 5.11 Å². The molecule has 7 heteroatoms. The molecule has 1 N–H and O–H groups in total. The van der Waals surface area contributed by atoms with E-state index in [1.807, 2.05) is 29.5 Å². The van der Waals surface area contributed by atoms with Crippen molar-refractivity contribution in [1.29, 1.82) is 0 Å². The number of aromatic carboxylic acids is 1. The van der Waals surface area contributed by atoms with Gasteiger partial charge in [0.2, 0.25) is 10.0 Å². The first-order valence-electron chi connectivity index (χ1n) is 6.88. The maximum atomic E-state index is 12.8. The van der Waals surface area contributed by atoms with Crippen LogP contribution in [0.4, 0.5) is 0 Å². The van der Waals surface area contributed by atoms with E-state index in [0.717, 1.165) is 25.7 Å². The number of hydrogen-bond acceptors (Lipinski definition) is 3. The minimum atomic E-state index is -3.64. The van der Waals surface area contributed by atoms with Crippen molar-refractivity contribution in [2.24, 2.45) is 0 Å². The molecule has 0 aromatic heterocycles. The molecule has 116 valence electrons. The van der Waals surface area contributed by atoms with E-state index in [1.54, 1.807) is 6.07 Å². The lowest BCUT2D eigenvalue weighted by Gasteiger charge is -2.26. The molecule has 0 bridgehead atoms. The highest BCUT2D eigenvalue weighted by Crippen LogP contribution is 2.26. The number of carbonyl (C=O) groups is 1. The van der Waals surface area contributed by atoms with Crippen LogP contribution in [0.3, 0.4) is 0 Å². The Morgan fingerprint density at radius 3 is 2.71 bits per heavy atom. The average Bonchev–Trinajstić information content (AvgIpc) is 2.63. The normalized spacial score (nSPS) is 21.0. The number of nitrogens with zero attached hydrogens (tertiary/aromatic N) is 1. The van der Waals surface area contributed by atoms with E-state index in [2.05, 4.69) is 0 Å². The topological polar surface area (TPSA) is 74.7 Å². The van der Waals surface area contributed by atoms with Crippen molar-refractivity contribution in [3.8, 4) is 0 Å². The molecule has 1 heterocycles. The number of halogens is 1. The maximum Gasteiger partial charge on any atom is 0.336 e. The third-order valence-corrected chi connectivity index (χ3v) is 6.72. The lowest BCUT2D eigenvalue weighted by molar-refractivity contribution is 0.0695. The summed E-state index contributed by atoms with van der Waals surface area (Å²) in [5.74, 6) is -1.11. The molecule has 1 aromatic rings. The molecule has 0 amide bonds. The summed E-state index contributed by atoms with van der Waals surface area (Å²) in [6.07, 6.45) is 3.75. The van der Waals surface area contributed by atoms with Crippen molar-refractivity contribution in [2.45, 2.75) is 43.5 Å². The molecule has 0 saturated carbocycles. The highest BCUT2D eigenvalue weighted by molar-refractivity contribution is 14.1. The van der Waals surface area contributed by atoms with Crippen molar-refractivity contribution >= 4 is 38.6 Å². The molecule has 1 atom stereocenters. The van der Waals surface area contributed by atoms with Crippen LogP contribution in [-0.4, -0.2) is 36.4 Å². The third kappa shape index (κ3) is 3.57. The second-order valence-corrected chi connectivity index (χ2v) is 8.31. The summed E-state index contributed by atoms with van der Waals surface area (Å²) >= 11 is 1.90. The van der Waals surface area contributed by atoms with Crippen LogP contribution >= 0.6 is 22.6 Å². The molecule has 21 heavy (non-hydrogen) atoms. The van der Waals surface area contributed by atoms with Gasteiger partial charge in [0.25, 0.3) is 0 Å². The predicted molar refractivity (Wildman–Crippen MR) is 87.9 cm³/mol. The third-order valence-electron chi connectivity index (χ3n) is 3.77. The molecule has 1 unspecified atom stereocenters. The number of carboxylic acids is 1. The molecule has 0 aliphatic carbocycles. The molecule has 1 aliphatic heterocycles. The van der Waals surface area contributed by atoms with Crippen LogP contribution < -0.4 is 0 Å². The van der Waals surface area contributed by atoms with Gasteiger partial charge in [-0.1, -0.05) is 12.8 Å². The van der Waals surface area contributed by atoms with E-state index in [9.17, 15) is 13.2 Å². The average molecular weight is 423 g/mol. The Balaban J connectivity index is 2.43. The first-order valence-corrected chi connectivity index (χ1v) is 9.40. The summed E-state index contributed by atoms with van der Waals surface area (Å²) in [7, 11) is -3.64. The van der Waals surface area contributed by atoms with Crippen LogP contribution in [0, 0.1) is 3.57 Å². The van der Waals surface area contributed by atoms with Gasteiger partial charge in [0.15, 0.2) is 0 Å². The number of benzene rings is 1. The van der Waals surface area contributed by atoms with Crippen LogP contribution in [0.5, 0.6) is 0 Å².